The molecule has 2 fully saturated rings. The number of hydrazine groups is 1. The summed E-state index contributed by atoms with van der Waals surface area (Å²) in [6.07, 6.45) is -0.145. The number of amides is 1. The van der Waals surface area contributed by atoms with E-state index >= 15 is 0 Å². The highest BCUT2D eigenvalue weighted by Gasteiger charge is 2.32. The summed E-state index contributed by atoms with van der Waals surface area (Å²) in [4.78, 5) is 11.0. The molecule has 10 heavy (non-hydrogen) atoms. The Bertz CT molecular complexity index is 160. The Morgan fingerprint density at radius 1 is 1.60 bits per heavy atom. The third-order valence-corrected chi connectivity index (χ3v) is 1.80. The van der Waals surface area contributed by atoms with Crippen molar-refractivity contribution < 1.29 is 4.79 Å². The van der Waals surface area contributed by atoms with Crippen molar-refractivity contribution in [3.05, 3.63) is 0 Å². The summed E-state index contributed by atoms with van der Waals surface area (Å²) in [6, 6.07) is 0. The molecule has 0 bridgehead atoms. The highest BCUT2D eigenvalue weighted by atomic mass is 16.2. The molecule has 2 saturated heterocycles. The first-order valence-corrected chi connectivity index (χ1v) is 3.39. The standard InChI is InChI=1S/C5H10N4O/c10-5-4-6-1-2-9(4)8-3-7-5/h4,6,8H,1-3H2,(H,7,10). The van der Waals surface area contributed by atoms with E-state index in [1.54, 1.807) is 0 Å². The Balaban J connectivity index is 2.10. The van der Waals surface area contributed by atoms with E-state index in [4.69, 9.17) is 0 Å². The summed E-state index contributed by atoms with van der Waals surface area (Å²) in [7, 11) is 0. The van der Waals surface area contributed by atoms with Crippen LogP contribution in [0.1, 0.15) is 0 Å². The summed E-state index contributed by atoms with van der Waals surface area (Å²) < 4.78 is 0. The summed E-state index contributed by atoms with van der Waals surface area (Å²) in [5.74, 6) is 0.0660. The van der Waals surface area contributed by atoms with Crippen LogP contribution in [-0.2, 0) is 4.79 Å². The normalized spacial score (nSPS) is 33.6. The summed E-state index contributed by atoms with van der Waals surface area (Å²) in [6.45, 7) is 2.33. The number of rotatable bonds is 0. The smallest absolute Gasteiger partial charge is 0.254 e. The first-order valence-electron chi connectivity index (χ1n) is 3.39. The second-order valence-corrected chi connectivity index (χ2v) is 2.43. The topological polar surface area (TPSA) is 56.4 Å². The molecule has 2 aliphatic heterocycles. The quantitative estimate of drug-likeness (QED) is 0.359. The van der Waals surface area contributed by atoms with Gasteiger partial charge in [-0.15, -0.1) is 0 Å². The van der Waals surface area contributed by atoms with Crippen LogP contribution in [0.2, 0.25) is 0 Å². The van der Waals surface area contributed by atoms with E-state index in [2.05, 4.69) is 16.1 Å². The average molecular weight is 142 g/mol. The lowest BCUT2D eigenvalue weighted by Gasteiger charge is -2.28. The fraction of sp³-hybridized carbons (Fsp3) is 0.800. The zero-order valence-electron chi connectivity index (χ0n) is 5.55. The number of hydrogen-bond donors (Lipinski definition) is 3. The summed E-state index contributed by atoms with van der Waals surface area (Å²) >= 11 is 0. The van der Waals surface area contributed by atoms with Crippen molar-refractivity contribution in [2.75, 3.05) is 19.8 Å². The molecule has 0 spiro atoms. The average Bonchev–Trinajstić information content (AvgIpc) is 2.36. The Labute approximate surface area is 58.7 Å². The van der Waals surface area contributed by atoms with Gasteiger partial charge in [0.05, 0.1) is 6.67 Å². The number of hydrogen-bond acceptors (Lipinski definition) is 4. The van der Waals surface area contributed by atoms with Crippen LogP contribution < -0.4 is 16.1 Å². The fourth-order valence-electron chi connectivity index (χ4n) is 1.29. The van der Waals surface area contributed by atoms with Gasteiger partial charge in [0, 0.05) is 13.1 Å². The van der Waals surface area contributed by atoms with Crippen LogP contribution >= 0.6 is 0 Å². The van der Waals surface area contributed by atoms with Gasteiger partial charge in [-0.3, -0.25) is 10.1 Å². The Morgan fingerprint density at radius 2 is 2.50 bits per heavy atom. The number of nitrogens with one attached hydrogen (secondary N) is 3. The molecule has 56 valence electrons. The van der Waals surface area contributed by atoms with Crippen molar-refractivity contribution in [2.45, 2.75) is 6.17 Å². The van der Waals surface area contributed by atoms with E-state index < -0.39 is 0 Å². The van der Waals surface area contributed by atoms with E-state index in [0.29, 0.717) is 6.67 Å². The minimum absolute atomic E-state index is 0.0660. The minimum Gasteiger partial charge on any atom is -0.340 e. The highest BCUT2D eigenvalue weighted by Crippen LogP contribution is 2.01. The van der Waals surface area contributed by atoms with E-state index in [9.17, 15) is 4.79 Å². The maximum atomic E-state index is 11.0. The molecule has 0 aromatic rings. The molecule has 0 aromatic heterocycles. The monoisotopic (exact) mass is 142 g/mol. The van der Waals surface area contributed by atoms with E-state index in [0.717, 1.165) is 13.1 Å². The van der Waals surface area contributed by atoms with Gasteiger partial charge in [0.15, 0.2) is 6.17 Å². The zero-order valence-corrected chi connectivity index (χ0v) is 5.55. The van der Waals surface area contributed by atoms with Gasteiger partial charge < -0.3 is 5.32 Å². The molecule has 3 N–H and O–H groups in total. The molecule has 1 unspecified atom stereocenters. The van der Waals surface area contributed by atoms with Gasteiger partial charge in [0.1, 0.15) is 0 Å². The number of carbonyl (C=O) groups excluding carboxylic acids is 1. The molecule has 5 heteroatoms. The SMILES string of the molecule is O=C1NCNN2CCNC12. The second kappa shape index (κ2) is 2.19. The maximum absolute atomic E-state index is 11.0. The Kier molecular flexibility index (Phi) is 1.33. The molecule has 0 aromatic carbocycles. The van der Waals surface area contributed by atoms with Crippen LogP contribution in [0.4, 0.5) is 0 Å². The molecule has 2 heterocycles. The van der Waals surface area contributed by atoms with Gasteiger partial charge in [-0.05, 0) is 0 Å². The predicted octanol–water partition coefficient (Wildman–Crippen LogP) is -2.19. The van der Waals surface area contributed by atoms with Crippen molar-refractivity contribution in [3.8, 4) is 0 Å². The third kappa shape index (κ3) is 0.792. The fourth-order valence-corrected chi connectivity index (χ4v) is 1.29. The van der Waals surface area contributed by atoms with Crippen molar-refractivity contribution in [3.63, 3.8) is 0 Å². The molecule has 1 amide bonds. The summed E-state index contributed by atoms with van der Waals surface area (Å²) in [5, 5.41) is 7.67. The van der Waals surface area contributed by atoms with Gasteiger partial charge in [-0.25, -0.2) is 10.4 Å². The van der Waals surface area contributed by atoms with Gasteiger partial charge in [-0.2, -0.15) is 0 Å². The lowest BCUT2D eigenvalue weighted by molar-refractivity contribution is -0.130. The highest BCUT2D eigenvalue weighted by molar-refractivity contribution is 5.82. The van der Waals surface area contributed by atoms with Gasteiger partial charge in [0.2, 0.25) is 0 Å². The van der Waals surface area contributed by atoms with Crippen LogP contribution in [0.5, 0.6) is 0 Å². The van der Waals surface area contributed by atoms with Gasteiger partial charge in [0.25, 0.3) is 5.91 Å². The molecule has 0 aliphatic carbocycles. The number of carbonyl (C=O) groups is 1. The van der Waals surface area contributed by atoms with Gasteiger partial charge >= 0.3 is 0 Å². The molecule has 0 radical (unpaired) electrons. The molecule has 2 rings (SSSR count). The second-order valence-electron chi connectivity index (χ2n) is 2.43. The summed E-state index contributed by atoms with van der Waals surface area (Å²) in [5.41, 5.74) is 3.05. The van der Waals surface area contributed by atoms with Crippen LogP contribution in [0, 0.1) is 0 Å². The number of fused-ring (bicyclic) bond motifs is 1. The Morgan fingerprint density at radius 3 is 3.30 bits per heavy atom. The predicted molar refractivity (Wildman–Crippen MR) is 34.6 cm³/mol. The molecular formula is C5H10N4O. The van der Waals surface area contributed by atoms with E-state index in [1.165, 1.54) is 0 Å². The van der Waals surface area contributed by atoms with Crippen LogP contribution in [0.15, 0.2) is 0 Å². The minimum atomic E-state index is -0.145. The van der Waals surface area contributed by atoms with Crippen molar-refractivity contribution in [1.29, 1.82) is 0 Å². The van der Waals surface area contributed by atoms with Crippen LogP contribution in [0.25, 0.3) is 0 Å². The Hall–Kier alpha value is -0.650. The molecule has 0 saturated carbocycles. The lowest BCUT2D eigenvalue weighted by atomic mass is 10.4. The van der Waals surface area contributed by atoms with Crippen LogP contribution in [-0.4, -0.2) is 36.8 Å². The first kappa shape index (κ1) is 6.09. The molecule has 5 nitrogen and oxygen atoms in total. The molecule has 1 atom stereocenters. The van der Waals surface area contributed by atoms with Crippen molar-refractivity contribution in [2.24, 2.45) is 0 Å². The maximum Gasteiger partial charge on any atom is 0.254 e. The number of nitrogens with zero attached hydrogens (tertiary/aromatic N) is 1. The van der Waals surface area contributed by atoms with Crippen molar-refractivity contribution >= 4 is 5.91 Å². The first-order chi connectivity index (χ1) is 4.88. The molecular weight excluding hydrogens is 132 g/mol. The molecule has 2 aliphatic rings. The van der Waals surface area contributed by atoms with E-state index in [-0.39, 0.29) is 12.1 Å². The zero-order chi connectivity index (χ0) is 6.97. The van der Waals surface area contributed by atoms with Gasteiger partial charge in [-0.1, -0.05) is 0 Å². The third-order valence-electron chi connectivity index (χ3n) is 1.80. The van der Waals surface area contributed by atoms with Crippen molar-refractivity contribution in [1.82, 2.24) is 21.1 Å². The lowest BCUT2D eigenvalue weighted by Crippen LogP contribution is -2.61. The van der Waals surface area contributed by atoms with Crippen LogP contribution in [0.3, 0.4) is 0 Å². The van der Waals surface area contributed by atoms with E-state index in [1.807, 2.05) is 5.01 Å². The largest absolute Gasteiger partial charge is 0.340 e.